The SMILES string of the molecule is CCCCN(C)CCC(C)(C)N. The van der Waals surface area contributed by atoms with Crippen molar-refractivity contribution in [1.29, 1.82) is 0 Å². The standard InChI is InChI=1S/C10H24N2/c1-5-6-8-12(4)9-7-10(2,3)11/h5-9,11H2,1-4H3. The molecule has 0 rings (SSSR count). The lowest BCUT2D eigenvalue weighted by atomic mass is 10.0. The molecule has 0 saturated heterocycles. The number of unbranched alkanes of at least 4 members (excludes halogenated alkanes) is 1. The predicted octanol–water partition coefficient (Wildman–Crippen LogP) is 1.85. The zero-order chi connectivity index (χ0) is 9.61. The maximum absolute atomic E-state index is 5.89. The lowest BCUT2D eigenvalue weighted by Crippen LogP contribution is -2.36. The molecule has 0 aliphatic heterocycles. The largest absolute Gasteiger partial charge is 0.326 e. The Balaban J connectivity index is 3.37. The van der Waals surface area contributed by atoms with Gasteiger partial charge in [0.05, 0.1) is 0 Å². The van der Waals surface area contributed by atoms with Gasteiger partial charge in [0.1, 0.15) is 0 Å². The highest BCUT2D eigenvalue weighted by Crippen LogP contribution is 2.04. The minimum absolute atomic E-state index is 0.0134. The molecule has 0 unspecified atom stereocenters. The van der Waals surface area contributed by atoms with Crippen molar-refractivity contribution < 1.29 is 0 Å². The lowest BCUT2D eigenvalue weighted by Gasteiger charge is -2.23. The Morgan fingerprint density at radius 1 is 1.25 bits per heavy atom. The zero-order valence-corrected chi connectivity index (χ0v) is 9.06. The average molecular weight is 172 g/mol. The topological polar surface area (TPSA) is 29.3 Å². The monoisotopic (exact) mass is 172 g/mol. The van der Waals surface area contributed by atoms with E-state index >= 15 is 0 Å². The van der Waals surface area contributed by atoms with Crippen LogP contribution in [0, 0.1) is 0 Å². The van der Waals surface area contributed by atoms with E-state index in [4.69, 9.17) is 5.73 Å². The van der Waals surface area contributed by atoms with Crippen LogP contribution in [0.4, 0.5) is 0 Å². The van der Waals surface area contributed by atoms with Crippen molar-refractivity contribution in [2.24, 2.45) is 5.73 Å². The Labute approximate surface area is 77.1 Å². The van der Waals surface area contributed by atoms with Gasteiger partial charge in [0.25, 0.3) is 0 Å². The molecule has 12 heavy (non-hydrogen) atoms. The Hall–Kier alpha value is -0.0800. The first-order valence-electron chi connectivity index (χ1n) is 4.93. The number of hydrogen-bond acceptors (Lipinski definition) is 2. The van der Waals surface area contributed by atoms with E-state index in [2.05, 4.69) is 32.7 Å². The number of nitrogens with two attached hydrogens (primary N) is 1. The minimum Gasteiger partial charge on any atom is -0.326 e. The van der Waals surface area contributed by atoms with Crippen molar-refractivity contribution in [3.63, 3.8) is 0 Å². The second kappa shape index (κ2) is 5.55. The first kappa shape index (κ1) is 11.9. The van der Waals surface area contributed by atoms with Gasteiger partial charge in [-0.25, -0.2) is 0 Å². The number of rotatable bonds is 6. The minimum atomic E-state index is -0.0134. The van der Waals surface area contributed by atoms with E-state index in [-0.39, 0.29) is 5.54 Å². The van der Waals surface area contributed by atoms with E-state index < -0.39 is 0 Å². The van der Waals surface area contributed by atoms with Gasteiger partial charge >= 0.3 is 0 Å². The number of nitrogens with zero attached hydrogens (tertiary/aromatic N) is 1. The highest BCUT2D eigenvalue weighted by molar-refractivity contribution is 4.72. The molecule has 0 atom stereocenters. The fraction of sp³-hybridized carbons (Fsp3) is 1.00. The quantitative estimate of drug-likeness (QED) is 0.662. The van der Waals surface area contributed by atoms with Crippen molar-refractivity contribution >= 4 is 0 Å². The summed E-state index contributed by atoms with van der Waals surface area (Å²) in [6.07, 6.45) is 3.64. The molecule has 2 nitrogen and oxygen atoms in total. The molecule has 0 aromatic carbocycles. The molecule has 2 N–H and O–H groups in total. The van der Waals surface area contributed by atoms with E-state index in [1.165, 1.54) is 19.4 Å². The Bertz CT molecular complexity index is 105. The second-order valence-electron chi connectivity index (χ2n) is 4.40. The van der Waals surface area contributed by atoms with Gasteiger partial charge in [-0.2, -0.15) is 0 Å². The Kier molecular flexibility index (Phi) is 5.51. The highest BCUT2D eigenvalue weighted by atomic mass is 15.1. The van der Waals surface area contributed by atoms with Gasteiger partial charge in [0.2, 0.25) is 0 Å². The molecule has 0 fully saturated rings. The van der Waals surface area contributed by atoms with Gasteiger partial charge in [0, 0.05) is 5.54 Å². The van der Waals surface area contributed by atoms with Crippen LogP contribution in [-0.2, 0) is 0 Å². The van der Waals surface area contributed by atoms with Crippen molar-refractivity contribution in [2.45, 2.75) is 45.6 Å². The molecule has 0 heterocycles. The summed E-state index contributed by atoms with van der Waals surface area (Å²) in [6.45, 7) is 8.71. The van der Waals surface area contributed by atoms with Crippen LogP contribution in [0.25, 0.3) is 0 Å². The summed E-state index contributed by atoms with van der Waals surface area (Å²) in [7, 11) is 2.17. The third kappa shape index (κ3) is 8.02. The summed E-state index contributed by atoms with van der Waals surface area (Å²) >= 11 is 0. The van der Waals surface area contributed by atoms with Gasteiger partial charge in [-0.3, -0.25) is 0 Å². The van der Waals surface area contributed by atoms with Gasteiger partial charge in [-0.05, 0) is 46.8 Å². The van der Waals surface area contributed by atoms with Crippen LogP contribution in [-0.4, -0.2) is 30.6 Å². The summed E-state index contributed by atoms with van der Waals surface area (Å²) in [5.74, 6) is 0. The maximum atomic E-state index is 5.89. The zero-order valence-electron chi connectivity index (χ0n) is 9.06. The molecule has 0 saturated carbocycles. The molecular formula is C10H24N2. The van der Waals surface area contributed by atoms with Crippen LogP contribution >= 0.6 is 0 Å². The molecule has 0 spiro atoms. The van der Waals surface area contributed by atoms with Crippen molar-refractivity contribution in [3.8, 4) is 0 Å². The average Bonchev–Trinajstić information content (AvgIpc) is 1.95. The molecule has 0 aliphatic rings. The second-order valence-corrected chi connectivity index (χ2v) is 4.40. The highest BCUT2D eigenvalue weighted by Gasteiger charge is 2.10. The first-order valence-corrected chi connectivity index (χ1v) is 4.93. The van der Waals surface area contributed by atoms with Crippen LogP contribution < -0.4 is 5.73 Å². The molecular weight excluding hydrogens is 148 g/mol. The fourth-order valence-corrected chi connectivity index (χ4v) is 1.02. The Morgan fingerprint density at radius 3 is 2.25 bits per heavy atom. The van der Waals surface area contributed by atoms with Crippen LogP contribution in [0.3, 0.4) is 0 Å². The van der Waals surface area contributed by atoms with E-state index in [0.29, 0.717) is 0 Å². The fourth-order valence-electron chi connectivity index (χ4n) is 1.02. The normalized spacial score (nSPS) is 12.5. The summed E-state index contributed by atoms with van der Waals surface area (Å²) in [5.41, 5.74) is 5.87. The van der Waals surface area contributed by atoms with E-state index in [1.807, 2.05) is 0 Å². The molecule has 0 aliphatic carbocycles. The molecule has 0 radical (unpaired) electrons. The first-order chi connectivity index (χ1) is 5.45. The lowest BCUT2D eigenvalue weighted by molar-refractivity contribution is 0.291. The van der Waals surface area contributed by atoms with Gasteiger partial charge < -0.3 is 10.6 Å². The summed E-state index contributed by atoms with van der Waals surface area (Å²) in [5, 5.41) is 0. The van der Waals surface area contributed by atoms with Crippen LogP contribution in [0.5, 0.6) is 0 Å². The summed E-state index contributed by atoms with van der Waals surface area (Å²) < 4.78 is 0. The van der Waals surface area contributed by atoms with Crippen LogP contribution in [0.15, 0.2) is 0 Å². The predicted molar refractivity (Wildman–Crippen MR) is 55.3 cm³/mol. The molecule has 0 amide bonds. The van der Waals surface area contributed by atoms with Gasteiger partial charge in [-0.1, -0.05) is 13.3 Å². The van der Waals surface area contributed by atoms with Crippen LogP contribution in [0.1, 0.15) is 40.0 Å². The molecule has 74 valence electrons. The van der Waals surface area contributed by atoms with Crippen molar-refractivity contribution in [1.82, 2.24) is 4.90 Å². The smallest absolute Gasteiger partial charge is 0.0109 e. The van der Waals surface area contributed by atoms with E-state index in [9.17, 15) is 0 Å². The molecule has 0 aromatic rings. The Morgan fingerprint density at radius 2 is 1.83 bits per heavy atom. The maximum Gasteiger partial charge on any atom is 0.0109 e. The molecule has 0 bridgehead atoms. The van der Waals surface area contributed by atoms with Gasteiger partial charge in [0.15, 0.2) is 0 Å². The third-order valence-electron chi connectivity index (χ3n) is 2.03. The third-order valence-corrected chi connectivity index (χ3v) is 2.03. The number of hydrogen-bond donors (Lipinski definition) is 1. The van der Waals surface area contributed by atoms with E-state index in [0.717, 1.165) is 13.0 Å². The molecule has 2 heteroatoms. The van der Waals surface area contributed by atoms with Crippen molar-refractivity contribution in [2.75, 3.05) is 20.1 Å². The van der Waals surface area contributed by atoms with Crippen molar-refractivity contribution in [3.05, 3.63) is 0 Å². The van der Waals surface area contributed by atoms with E-state index in [1.54, 1.807) is 0 Å². The summed E-state index contributed by atoms with van der Waals surface area (Å²) in [4.78, 5) is 2.36. The summed E-state index contributed by atoms with van der Waals surface area (Å²) in [6, 6.07) is 0. The molecule has 0 aromatic heterocycles. The van der Waals surface area contributed by atoms with Crippen LogP contribution in [0.2, 0.25) is 0 Å². The van der Waals surface area contributed by atoms with Gasteiger partial charge in [-0.15, -0.1) is 0 Å².